The normalized spacial score (nSPS) is 12.3. The lowest BCUT2D eigenvalue weighted by Gasteiger charge is -2.17. The van der Waals surface area contributed by atoms with Crippen molar-refractivity contribution in [3.63, 3.8) is 0 Å². The summed E-state index contributed by atoms with van der Waals surface area (Å²) in [7, 11) is 0. The highest BCUT2D eigenvalue weighted by Gasteiger charge is 2.23. The minimum Gasteiger partial charge on any atom is -0.480 e. The van der Waals surface area contributed by atoms with Crippen LogP contribution >= 0.6 is 22.7 Å². The Labute approximate surface area is 130 Å². The van der Waals surface area contributed by atoms with Gasteiger partial charge < -0.3 is 10.4 Å². The number of hydrogen-bond donors (Lipinski definition) is 2. The molecular weight excluding hydrogens is 308 g/mol. The Morgan fingerprint density at radius 1 is 1.38 bits per heavy atom. The van der Waals surface area contributed by atoms with Gasteiger partial charge in [0.05, 0.1) is 17.0 Å². The molecule has 0 saturated heterocycles. The Morgan fingerprint density at radius 3 is 2.71 bits per heavy atom. The molecule has 0 bridgehead atoms. The van der Waals surface area contributed by atoms with Crippen LogP contribution in [0.4, 0.5) is 0 Å². The van der Waals surface area contributed by atoms with Gasteiger partial charge in [0.2, 0.25) is 5.91 Å². The zero-order chi connectivity index (χ0) is 15.4. The van der Waals surface area contributed by atoms with Crippen molar-refractivity contribution in [2.75, 3.05) is 0 Å². The van der Waals surface area contributed by atoms with E-state index < -0.39 is 12.0 Å². The molecule has 2 aromatic heterocycles. The van der Waals surface area contributed by atoms with Gasteiger partial charge in [-0.1, -0.05) is 19.9 Å². The van der Waals surface area contributed by atoms with Crippen molar-refractivity contribution in [2.45, 2.75) is 26.3 Å². The fourth-order valence-electron chi connectivity index (χ4n) is 1.80. The first kappa shape index (κ1) is 15.7. The number of amides is 1. The van der Waals surface area contributed by atoms with Crippen LogP contribution in [0, 0.1) is 5.92 Å². The van der Waals surface area contributed by atoms with Crippen LogP contribution in [0.25, 0.3) is 9.88 Å². The number of rotatable bonds is 6. The van der Waals surface area contributed by atoms with E-state index in [0.717, 1.165) is 9.88 Å². The third-order valence-corrected chi connectivity index (χ3v) is 4.80. The van der Waals surface area contributed by atoms with Gasteiger partial charge >= 0.3 is 5.97 Å². The van der Waals surface area contributed by atoms with Crippen molar-refractivity contribution >= 4 is 34.6 Å². The summed E-state index contributed by atoms with van der Waals surface area (Å²) in [4.78, 5) is 28.5. The Hall–Kier alpha value is -1.73. The van der Waals surface area contributed by atoms with Gasteiger partial charge in [0.25, 0.3) is 0 Å². The molecule has 2 rings (SSSR count). The van der Waals surface area contributed by atoms with Crippen LogP contribution in [0.15, 0.2) is 22.9 Å². The average Bonchev–Trinajstić information content (AvgIpc) is 3.05. The van der Waals surface area contributed by atoms with Gasteiger partial charge in [-0.3, -0.25) is 4.79 Å². The predicted octanol–water partition coefficient (Wildman–Crippen LogP) is 2.64. The number of aromatic nitrogens is 1. The minimum absolute atomic E-state index is 0.0956. The molecule has 0 aliphatic carbocycles. The molecule has 2 N–H and O–H groups in total. The van der Waals surface area contributed by atoms with E-state index >= 15 is 0 Å². The number of aliphatic carboxylic acids is 1. The van der Waals surface area contributed by atoms with E-state index in [2.05, 4.69) is 10.3 Å². The number of carboxylic acid groups (broad SMARTS) is 1. The predicted molar refractivity (Wildman–Crippen MR) is 83.5 cm³/mol. The molecule has 5 nitrogen and oxygen atoms in total. The van der Waals surface area contributed by atoms with Crippen molar-refractivity contribution in [1.29, 1.82) is 0 Å². The molecule has 2 heterocycles. The number of thiophene rings is 1. The van der Waals surface area contributed by atoms with E-state index in [9.17, 15) is 9.59 Å². The van der Waals surface area contributed by atoms with Gasteiger partial charge in [-0.15, -0.1) is 22.7 Å². The number of carbonyl (C=O) groups is 2. The van der Waals surface area contributed by atoms with Crippen molar-refractivity contribution in [3.8, 4) is 9.88 Å². The molecule has 0 aliphatic heterocycles. The fraction of sp³-hybridized carbons (Fsp3) is 0.357. The maximum Gasteiger partial charge on any atom is 0.326 e. The SMILES string of the molecule is CC(C)C(NC(=O)Cc1csc(-c2cccs2)n1)C(=O)O. The summed E-state index contributed by atoms with van der Waals surface area (Å²) < 4.78 is 0. The first-order valence-corrected chi connectivity index (χ1v) is 8.23. The van der Waals surface area contributed by atoms with Crippen LogP contribution < -0.4 is 5.32 Å². The molecule has 112 valence electrons. The Bertz CT molecular complexity index is 620. The van der Waals surface area contributed by atoms with Gasteiger partial charge in [0.1, 0.15) is 11.0 Å². The lowest BCUT2D eigenvalue weighted by Crippen LogP contribution is -2.44. The number of nitrogens with zero attached hydrogens (tertiary/aromatic N) is 1. The molecule has 0 spiro atoms. The standard InChI is InChI=1S/C14H16N2O3S2/c1-8(2)12(14(18)19)16-11(17)6-9-7-21-13(15-9)10-4-3-5-20-10/h3-5,7-8,12H,6H2,1-2H3,(H,16,17)(H,18,19). The smallest absolute Gasteiger partial charge is 0.326 e. The lowest BCUT2D eigenvalue weighted by atomic mass is 10.0. The van der Waals surface area contributed by atoms with Crippen LogP contribution in [-0.2, 0) is 16.0 Å². The molecule has 0 radical (unpaired) electrons. The molecule has 2 aromatic rings. The Morgan fingerprint density at radius 2 is 2.14 bits per heavy atom. The summed E-state index contributed by atoms with van der Waals surface area (Å²) in [6.07, 6.45) is 0.0956. The number of carboxylic acids is 1. The fourth-order valence-corrected chi connectivity index (χ4v) is 3.44. The lowest BCUT2D eigenvalue weighted by molar-refractivity contribution is -0.143. The summed E-state index contributed by atoms with van der Waals surface area (Å²) in [5.74, 6) is -1.50. The molecule has 0 aliphatic rings. The maximum atomic E-state index is 11.9. The largest absolute Gasteiger partial charge is 0.480 e. The third-order valence-electron chi connectivity index (χ3n) is 2.87. The second kappa shape index (κ2) is 6.82. The summed E-state index contributed by atoms with van der Waals surface area (Å²) in [6, 6.07) is 3.06. The minimum atomic E-state index is -1.02. The van der Waals surface area contributed by atoms with E-state index in [1.165, 1.54) is 11.3 Å². The Kier molecular flexibility index (Phi) is 5.08. The molecule has 0 saturated carbocycles. The zero-order valence-electron chi connectivity index (χ0n) is 11.7. The second-order valence-electron chi connectivity index (χ2n) is 4.93. The molecule has 1 atom stereocenters. The first-order valence-electron chi connectivity index (χ1n) is 6.48. The van der Waals surface area contributed by atoms with Crippen molar-refractivity contribution in [2.24, 2.45) is 5.92 Å². The number of thiazole rings is 1. The molecule has 1 unspecified atom stereocenters. The van der Waals surface area contributed by atoms with Crippen LogP contribution in [0.3, 0.4) is 0 Å². The van der Waals surface area contributed by atoms with Crippen molar-refractivity contribution < 1.29 is 14.7 Å². The molecule has 0 fully saturated rings. The molecule has 0 aromatic carbocycles. The van der Waals surface area contributed by atoms with E-state index in [0.29, 0.717) is 5.69 Å². The monoisotopic (exact) mass is 324 g/mol. The maximum absolute atomic E-state index is 11.9. The van der Waals surface area contributed by atoms with Crippen molar-refractivity contribution in [1.82, 2.24) is 10.3 Å². The second-order valence-corrected chi connectivity index (χ2v) is 6.73. The third kappa shape index (κ3) is 4.12. The van der Waals surface area contributed by atoms with Gasteiger partial charge in [0.15, 0.2) is 0 Å². The van der Waals surface area contributed by atoms with Gasteiger partial charge in [0, 0.05) is 5.38 Å². The van der Waals surface area contributed by atoms with Crippen LogP contribution in [0.5, 0.6) is 0 Å². The van der Waals surface area contributed by atoms with Gasteiger partial charge in [-0.2, -0.15) is 0 Å². The molecule has 1 amide bonds. The highest BCUT2D eigenvalue weighted by atomic mass is 32.1. The molecular formula is C14H16N2O3S2. The van der Waals surface area contributed by atoms with E-state index in [-0.39, 0.29) is 18.2 Å². The van der Waals surface area contributed by atoms with Gasteiger partial charge in [-0.25, -0.2) is 9.78 Å². The number of carbonyl (C=O) groups excluding carboxylic acids is 1. The highest BCUT2D eigenvalue weighted by Crippen LogP contribution is 2.27. The van der Waals surface area contributed by atoms with E-state index in [1.807, 2.05) is 22.9 Å². The highest BCUT2D eigenvalue weighted by molar-refractivity contribution is 7.20. The van der Waals surface area contributed by atoms with Crippen molar-refractivity contribution in [3.05, 3.63) is 28.6 Å². The summed E-state index contributed by atoms with van der Waals surface area (Å²) >= 11 is 3.08. The van der Waals surface area contributed by atoms with Crippen LogP contribution in [0.1, 0.15) is 19.5 Å². The van der Waals surface area contributed by atoms with E-state index in [1.54, 1.807) is 25.2 Å². The summed E-state index contributed by atoms with van der Waals surface area (Å²) in [5, 5.41) is 16.3. The zero-order valence-corrected chi connectivity index (χ0v) is 13.3. The van der Waals surface area contributed by atoms with Crippen LogP contribution in [0.2, 0.25) is 0 Å². The summed E-state index contributed by atoms with van der Waals surface area (Å²) in [5.41, 5.74) is 0.661. The summed E-state index contributed by atoms with van der Waals surface area (Å²) in [6.45, 7) is 3.52. The topological polar surface area (TPSA) is 79.3 Å². The average molecular weight is 324 g/mol. The van der Waals surface area contributed by atoms with E-state index in [4.69, 9.17) is 5.11 Å². The number of nitrogens with one attached hydrogen (secondary N) is 1. The Balaban J connectivity index is 1.98. The van der Waals surface area contributed by atoms with Gasteiger partial charge in [-0.05, 0) is 17.4 Å². The quantitative estimate of drug-likeness (QED) is 0.856. The first-order chi connectivity index (χ1) is 9.97. The number of hydrogen-bond acceptors (Lipinski definition) is 5. The molecule has 7 heteroatoms. The van der Waals surface area contributed by atoms with Crippen LogP contribution in [-0.4, -0.2) is 28.0 Å². The molecule has 21 heavy (non-hydrogen) atoms.